The summed E-state index contributed by atoms with van der Waals surface area (Å²) in [5.74, 6) is -28.4. The number of pyridine rings is 2. The Balaban J connectivity index is 0.000000219. The standard InChI is InChI=1S/C36H44N4.C26H22P2.C22H16N2.2C4HF7O2.Os.Pt/c1-9-21-22(10-2)30-18-32-25(13-5)26(14-6)34(39-32)20-36-28(16-8)27(15-7)35(40-36)19-33-24(12-4)23(11-3)31(38-33)17-29(21)37-30;1-5-13-23(14-6-1)27(24-15-7-2-8-16-24)21-22-28(25-17-9-3-10-18-25)26-19-11-4-12-20-26;1-3-7-17(8-4-1)19-11-13-23-21(15-19)22-16-20(12-14-24-22)18-9-5-2-6-10-18;2*5-2(6,1(12)13)3(7,8)4(9,10)11;;/h17-20H,9-16H2,1-8H3;1-22H;1-16H;2*(H,12,13);;/q-2;;;;;;+2. The van der Waals surface area contributed by atoms with E-state index in [-0.39, 0.29) is 40.9 Å². The van der Waals surface area contributed by atoms with Crippen molar-refractivity contribution in [1.82, 2.24) is 29.9 Å². The van der Waals surface area contributed by atoms with Crippen LogP contribution in [-0.2, 0) is 76.1 Å². The topological polar surface area (TPSA) is 160 Å². The third-order valence-corrected chi connectivity index (χ3v) is 24.7. The minimum atomic E-state index is -6.64. The SMILES string of the molecule is C(=C[PH+](c1ccccc1)c1ccccc1)[PH+](c1ccccc1)c1ccccc1.CCC1=C(CC)c2cc3[n-]c(cc4nc(cc5[n-]c(cc1n2)c(CC)c5CC)C(CC)=C4CC)c(CC)c3CC.O=C([O-])C(F)(F)C(F)(F)C(F)(F)F.O=C([O-])C(F)(F)C(F)(F)C(F)(F)F.[Os].[Pt+2].c1ccc(-c2ccnc(-c3cc(-c4ccccc4)ccn3)c2)cc1. The molecule has 0 aliphatic carbocycles. The number of hydrogen-bond acceptors (Lipinski definition) is 8. The van der Waals surface area contributed by atoms with Crippen molar-refractivity contribution in [1.29, 1.82) is 0 Å². The van der Waals surface area contributed by atoms with Crippen LogP contribution < -0.4 is 41.4 Å². The molecule has 0 saturated carbocycles. The molecule has 0 fully saturated rings. The van der Waals surface area contributed by atoms with E-state index in [0.717, 1.165) is 119 Å². The van der Waals surface area contributed by atoms with Crippen LogP contribution in [0.4, 0.5) is 61.5 Å². The van der Waals surface area contributed by atoms with Crippen LogP contribution >= 0.6 is 15.8 Å². The Hall–Kier alpha value is -9.90. The molecule has 0 spiro atoms. The summed E-state index contributed by atoms with van der Waals surface area (Å²) in [6, 6.07) is 81.6. The normalized spacial score (nSPS) is 12.4. The van der Waals surface area contributed by atoms with Crippen molar-refractivity contribution in [2.24, 2.45) is 0 Å². The number of fused-ring (bicyclic) bond motifs is 8. The van der Waals surface area contributed by atoms with Gasteiger partial charge < -0.3 is 29.8 Å². The number of halogens is 14. The molecule has 28 heteroatoms. The van der Waals surface area contributed by atoms with Crippen LogP contribution in [0.5, 0.6) is 0 Å². The molecule has 0 atom stereocenters. The summed E-state index contributed by atoms with van der Waals surface area (Å²) in [6.07, 6.45) is -2.00. The van der Waals surface area contributed by atoms with Gasteiger partial charge in [-0.05, 0) is 169 Å². The van der Waals surface area contributed by atoms with Gasteiger partial charge in [-0.15, -0.1) is 22.1 Å². The number of hydrogen-bond donors (Lipinski definition) is 0. The minimum Gasteiger partial charge on any atom is -0.657 e. The maximum atomic E-state index is 11.7. The molecule has 0 saturated heterocycles. The number of carboxylic acid groups (broad SMARTS) is 2. The fourth-order valence-electron chi connectivity index (χ4n) is 13.7. The minimum absolute atomic E-state index is 0. The molecule has 0 radical (unpaired) electrons. The van der Waals surface area contributed by atoms with E-state index in [9.17, 15) is 81.3 Å². The van der Waals surface area contributed by atoms with Gasteiger partial charge in [-0.2, -0.15) is 61.5 Å². The molecular weight excluding hydrogens is 1970 g/mol. The van der Waals surface area contributed by atoms with Crippen molar-refractivity contribution >= 4 is 93.4 Å². The molecule has 7 heterocycles. The van der Waals surface area contributed by atoms with Gasteiger partial charge in [0.2, 0.25) is 0 Å². The molecule has 13 rings (SSSR count). The van der Waals surface area contributed by atoms with Crippen LogP contribution in [-0.4, -0.2) is 67.9 Å². The van der Waals surface area contributed by atoms with E-state index in [1.165, 1.54) is 76.9 Å². The third kappa shape index (κ3) is 22.4. The number of aromatic nitrogens is 6. The van der Waals surface area contributed by atoms with Crippen molar-refractivity contribution in [2.45, 2.75) is 143 Å². The summed E-state index contributed by atoms with van der Waals surface area (Å²) in [6.45, 7) is 17.9. The second-order valence-electron chi connectivity index (χ2n) is 26.8. The molecule has 11 aromatic rings. The first-order chi connectivity index (χ1) is 56.2. The van der Waals surface area contributed by atoms with E-state index in [1.807, 2.05) is 60.9 Å². The third-order valence-electron chi connectivity index (χ3n) is 19.6. The zero-order valence-corrected chi connectivity index (χ0v) is 73.0. The maximum absolute atomic E-state index is 11.7. The van der Waals surface area contributed by atoms with E-state index in [1.54, 1.807) is 0 Å². The molecule has 6 aromatic carbocycles. The quantitative estimate of drug-likeness (QED) is 0.0500. The Kier molecular flexibility index (Phi) is 34.9. The smallest absolute Gasteiger partial charge is 0.657 e. The molecule has 5 aromatic heterocycles. The van der Waals surface area contributed by atoms with E-state index >= 15 is 0 Å². The number of carbonyl (C=O) groups excluding carboxylic acids is 2. The van der Waals surface area contributed by atoms with E-state index in [0.29, 0.717) is 0 Å². The first-order valence-corrected chi connectivity index (χ1v) is 41.2. The number of allylic oxidation sites excluding steroid dienone is 4. The fourth-order valence-corrected chi connectivity index (χ4v) is 18.6. The molecule has 0 unspecified atom stereocenters. The summed E-state index contributed by atoms with van der Waals surface area (Å²) in [5, 5.41) is 24.3. The Bertz CT molecular complexity index is 5000. The van der Waals surface area contributed by atoms with Crippen LogP contribution in [0, 0.1) is 0 Å². The zero-order valence-electron chi connectivity index (χ0n) is 66.2. The molecule has 0 amide bonds. The van der Waals surface area contributed by atoms with E-state index < -0.39 is 63.8 Å². The van der Waals surface area contributed by atoms with Crippen molar-refractivity contribution in [3.8, 4) is 33.6 Å². The summed E-state index contributed by atoms with van der Waals surface area (Å²) in [4.78, 5) is 48.6. The second kappa shape index (κ2) is 43.0. The van der Waals surface area contributed by atoms with Crippen molar-refractivity contribution in [3.05, 3.63) is 300 Å². The average molecular weight is 2050 g/mol. The number of alkyl halides is 14. The number of nitrogens with zero attached hydrogens (tertiary/aromatic N) is 6. The monoisotopic (exact) mass is 2050 g/mol. The van der Waals surface area contributed by atoms with Gasteiger partial charge in [0, 0.05) is 32.2 Å². The van der Waals surface area contributed by atoms with Gasteiger partial charge >= 0.3 is 57.1 Å². The van der Waals surface area contributed by atoms with Crippen LogP contribution in [0.1, 0.15) is 126 Å². The van der Waals surface area contributed by atoms with Gasteiger partial charge in [-0.1, -0.05) is 235 Å². The largest absolute Gasteiger partial charge is 2.00 e. The van der Waals surface area contributed by atoms with Gasteiger partial charge in [0.1, 0.15) is 44.8 Å². The van der Waals surface area contributed by atoms with Crippen molar-refractivity contribution in [3.63, 3.8) is 0 Å². The fraction of sp³-hybridized carbons (Fsp3) is 0.239. The van der Waals surface area contributed by atoms with E-state index in [4.69, 9.17) is 19.9 Å². The van der Waals surface area contributed by atoms with Gasteiger partial charge in [0.05, 0.1) is 50.0 Å². The Morgan fingerprint density at radius 3 is 0.742 bits per heavy atom. The van der Waals surface area contributed by atoms with Crippen LogP contribution in [0.15, 0.2) is 255 Å². The molecule has 10 nitrogen and oxygen atoms in total. The number of benzene rings is 6. The van der Waals surface area contributed by atoms with Gasteiger partial charge in [-0.25, -0.2) is 9.97 Å². The molecule has 2 aliphatic heterocycles. The molecular formula is C92H84F14N6O4OsP2Pt. The molecule has 120 heavy (non-hydrogen) atoms. The number of aliphatic carboxylic acids is 2. The Labute approximate surface area is 716 Å². The number of carboxylic acids is 2. The van der Waals surface area contributed by atoms with Gasteiger partial charge in [0.15, 0.2) is 0 Å². The zero-order chi connectivity index (χ0) is 85.9. The Morgan fingerprint density at radius 2 is 0.550 bits per heavy atom. The Morgan fingerprint density at radius 1 is 0.325 bits per heavy atom. The number of rotatable bonds is 21. The predicted octanol–water partition coefficient (Wildman–Crippen LogP) is 21.1. The first kappa shape index (κ1) is 97.2. The molecule has 2 aliphatic rings. The summed E-state index contributed by atoms with van der Waals surface area (Å²) < 4.78 is 160. The summed E-state index contributed by atoms with van der Waals surface area (Å²) in [5.41, 5.74) is 25.6. The summed E-state index contributed by atoms with van der Waals surface area (Å²) >= 11 is 0. The van der Waals surface area contributed by atoms with Crippen molar-refractivity contribution < 1.29 is 122 Å². The van der Waals surface area contributed by atoms with Crippen LogP contribution in [0.2, 0.25) is 0 Å². The molecule has 632 valence electrons. The first-order valence-electron chi connectivity index (χ1n) is 38.0. The second-order valence-corrected chi connectivity index (χ2v) is 31.5. The van der Waals surface area contributed by atoms with E-state index in [2.05, 4.69) is 259 Å². The molecule has 0 N–H and O–H groups in total. The van der Waals surface area contributed by atoms with Crippen molar-refractivity contribution in [2.75, 3.05) is 0 Å². The van der Waals surface area contributed by atoms with Crippen LogP contribution in [0.3, 0.4) is 0 Å². The molecule has 8 bridgehead atoms. The maximum Gasteiger partial charge on any atom is 2.00 e. The van der Waals surface area contributed by atoms with Gasteiger partial charge in [0.25, 0.3) is 0 Å². The summed E-state index contributed by atoms with van der Waals surface area (Å²) in [7, 11) is -1.93. The predicted molar refractivity (Wildman–Crippen MR) is 442 cm³/mol. The van der Waals surface area contributed by atoms with Gasteiger partial charge in [-0.3, -0.25) is 9.97 Å². The van der Waals surface area contributed by atoms with Crippen LogP contribution in [0.25, 0.3) is 78.0 Å². The average Bonchev–Trinajstić information content (AvgIpc) is 1.68. The number of aryl methyl sites for hydroxylation is 4. The number of carbonyl (C=O) groups is 2.